The molecule has 9 nitrogen and oxygen atoms in total. The van der Waals surface area contributed by atoms with Crippen molar-refractivity contribution in [2.75, 3.05) is 6.54 Å². The minimum Gasteiger partial charge on any atom is -0.443 e. The molecule has 3 amide bonds. The Kier molecular flexibility index (Phi) is 6.18. The fraction of sp³-hybridized carbons (Fsp3) is 0.652. The third-order valence-electron chi connectivity index (χ3n) is 7.27. The van der Waals surface area contributed by atoms with Crippen LogP contribution in [-0.4, -0.2) is 61.9 Å². The van der Waals surface area contributed by atoms with E-state index in [-0.39, 0.29) is 38.1 Å². The van der Waals surface area contributed by atoms with Crippen molar-refractivity contribution in [3.8, 4) is 0 Å². The molecule has 202 valence electrons. The average Bonchev–Trinajstić information content (AvgIpc) is 3.20. The third kappa shape index (κ3) is 5.72. The second-order valence-electron chi connectivity index (χ2n) is 10.4. The number of nitrogens with zero attached hydrogens (tertiary/aromatic N) is 4. The molecule has 1 unspecified atom stereocenters. The van der Waals surface area contributed by atoms with Crippen molar-refractivity contribution in [2.24, 2.45) is 5.92 Å². The van der Waals surface area contributed by atoms with E-state index in [4.69, 9.17) is 4.74 Å². The van der Waals surface area contributed by atoms with E-state index in [0.29, 0.717) is 16.9 Å². The van der Waals surface area contributed by atoms with Gasteiger partial charge in [-0.05, 0) is 50.2 Å². The Balaban J connectivity index is 1.34. The van der Waals surface area contributed by atoms with Crippen LogP contribution in [0, 0.1) is 5.92 Å². The van der Waals surface area contributed by atoms with Crippen molar-refractivity contribution < 1.29 is 36.3 Å². The highest BCUT2D eigenvalue weighted by molar-refractivity contribution is 5.77. The molecule has 3 heterocycles. The Morgan fingerprint density at radius 1 is 1.27 bits per heavy atom. The first-order chi connectivity index (χ1) is 17.3. The van der Waals surface area contributed by atoms with Crippen LogP contribution in [0.15, 0.2) is 18.5 Å². The molecule has 14 heteroatoms. The molecule has 2 aromatic rings. The molecule has 1 aliphatic heterocycles. The number of carbonyl (C=O) groups excluding carboxylic acids is 2. The number of fused-ring (bicyclic) bond motifs is 1. The zero-order chi connectivity index (χ0) is 26.6. The number of halogens is 5. The molecule has 2 N–H and O–H groups in total. The van der Waals surface area contributed by atoms with Gasteiger partial charge in [0.15, 0.2) is 5.65 Å². The summed E-state index contributed by atoms with van der Waals surface area (Å²) in [4.78, 5) is 30.2. The van der Waals surface area contributed by atoms with Crippen LogP contribution in [0.25, 0.3) is 5.65 Å². The van der Waals surface area contributed by atoms with Crippen LogP contribution >= 0.6 is 0 Å². The Morgan fingerprint density at radius 3 is 2.59 bits per heavy atom. The highest BCUT2D eigenvalue weighted by Gasteiger charge is 2.47. The molecule has 2 aromatic heterocycles. The minimum atomic E-state index is -4.55. The summed E-state index contributed by atoms with van der Waals surface area (Å²) in [5.41, 5.74) is 0.700. The van der Waals surface area contributed by atoms with Crippen molar-refractivity contribution in [3.63, 3.8) is 0 Å². The minimum absolute atomic E-state index is 0.103. The quantitative estimate of drug-likeness (QED) is 0.542. The first-order valence-electron chi connectivity index (χ1n) is 12.1. The molecule has 0 spiro atoms. The molecular weight excluding hydrogens is 503 g/mol. The molecule has 3 fully saturated rings. The van der Waals surface area contributed by atoms with Crippen molar-refractivity contribution in [3.05, 3.63) is 29.7 Å². The lowest BCUT2D eigenvalue weighted by atomic mass is 9.81. The molecule has 5 rings (SSSR count). The van der Waals surface area contributed by atoms with Gasteiger partial charge in [-0.2, -0.15) is 18.3 Å². The Morgan fingerprint density at radius 2 is 1.97 bits per heavy atom. The molecular formula is C23H27F5N6O3. The summed E-state index contributed by atoms with van der Waals surface area (Å²) in [6.07, 6.45) is -0.916. The fourth-order valence-corrected chi connectivity index (χ4v) is 4.79. The predicted molar refractivity (Wildman–Crippen MR) is 119 cm³/mol. The number of ether oxygens (including phenoxy) is 1. The lowest BCUT2D eigenvalue weighted by molar-refractivity contribution is -0.149. The van der Waals surface area contributed by atoms with E-state index in [1.165, 1.54) is 10.7 Å². The van der Waals surface area contributed by atoms with Crippen LogP contribution in [0.2, 0.25) is 0 Å². The van der Waals surface area contributed by atoms with Gasteiger partial charge in [-0.3, -0.25) is 0 Å². The van der Waals surface area contributed by atoms with Crippen molar-refractivity contribution in [2.45, 2.75) is 81.8 Å². The summed E-state index contributed by atoms with van der Waals surface area (Å²) < 4.78 is 73.4. The van der Waals surface area contributed by atoms with Crippen LogP contribution in [0.1, 0.15) is 62.7 Å². The van der Waals surface area contributed by atoms with Crippen LogP contribution < -0.4 is 10.6 Å². The molecule has 3 aliphatic rings. The molecule has 2 atom stereocenters. The van der Waals surface area contributed by atoms with E-state index < -0.39 is 48.5 Å². The maximum Gasteiger partial charge on any atom is 0.410 e. The number of alkyl carbamates (subject to hydrolysis) is 1. The summed E-state index contributed by atoms with van der Waals surface area (Å²) >= 11 is 0. The number of urea groups is 1. The normalized spacial score (nSPS) is 24.1. The highest BCUT2D eigenvalue weighted by atomic mass is 19.4. The maximum atomic E-state index is 13.8. The van der Waals surface area contributed by atoms with Crippen LogP contribution in [-0.2, 0) is 11.3 Å². The van der Waals surface area contributed by atoms with Crippen LogP contribution in [0.3, 0.4) is 0 Å². The van der Waals surface area contributed by atoms with E-state index in [2.05, 4.69) is 15.4 Å². The maximum absolute atomic E-state index is 13.8. The van der Waals surface area contributed by atoms with Crippen molar-refractivity contribution in [1.29, 1.82) is 0 Å². The summed E-state index contributed by atoms with van der Waals surface area (Å²) in [6, 6.07) is -1.87. The zero-order valence-electron chi connectivity index (χ0n) is 20.0. The number of alkyl halides is 5. The van der Waals surface area contributed by atoms with Gasteiger partial charge in [0.1, 0.15) is 11.6 Å². The molecule has 37 heavy (non-hydrogen) atoms. The lowest BCUT2D eigenvalue weighted by Gasteiger charge is -2.33. The fourth-order valence-electron chi connectivity index (χ4n) is 4.79. The third-order valence-corrected chi connectivity index (χ3v) is 7.27. The van der Waals surface area contributed by atoms with Gasteiger partial charge in [0.2, 0.25) is 5.92 Å². The number of rotatable bonds is 6. The first kappa shape index (κ1) is 25.5. The van der Waals surface area contributed by atoms with Gasteiger partial charge in [0.05, 0.1) is 30.7 Å². The van der Waals surface area contributed by atoms with Crippen LogP contribution in [0.5, 0.6) is 0 Å². The van der Waals surface area contributed by atoms with Gasteiger partial charge >= 0.3 is 18.3 Å². The molecule has 0 aromatic carbocycles. The first-order valence-corrected chi connectivity index (χ1v) is 12.1. The van der Waals surface area contributed by atoms with Gasteiger partial charge in [-0.25, -0.2) is 27.9 Å². The topological polar surface area (TPSA) is 101 Å². The summed E-state index contributed by atoms with van der Waals surface area (Å²) in [5, 5.41) is 8.97. The predicted octanol–water partition coefficient (Wildman–Crippen LogP) is 4.33. The Labute approximate surface area is 208 Å². The van der Waals surface area contributed by atoms with E-state index in [9.17, 15) is 31.5 Å². The number of carbonyl (C=O) groups is 2. The summed E-state index contributed by atoms with van der Waals surface area (Å²) in [6.45, 7) is 1.19. The van der Waals surface area contributed by atoms with E-state index >= 15 is 0 Å². The number of hydrogen-bond acceptors (Lipinski definition) is 5. The summed E-state index contributed by atoms with van der Waals surface area (Å²) in [5.74, 6) is -3.04. The number of hydrogen-bond donors (Lipinski definition) is 2. The van der Waals surface area contributed by atoms with Gasteiger partial charge in [-0.15, -0.1) is 0 Å². The van der Waals surface area contributed by atoms with Gasteiger partial charge in [-0.1, -0.05) is 0 Å². The Hall–Kier alpha value is -3.19. The molecule has 1 saturated heterocycles. The standard InChI is InChI=1S/C23H27F5N6O3/c1-21(6-7-21)37-20(36)32-18(14-2-4-22(24,25)5-3-14)15-11-34-17(30-15)8-13(9-29-34)10-33-12-16(23(26,27)28)31-19(33)35/h8-9,11,14,16,18H,2-7,10,12H2,1H3,(H,31,35)(H,32,36)/t16-,18?/m0/s1. The van der Waals surface area contributed by atoms with Gasteiger partial charge < -0.3 is 20.3 Å². The number of nitrogens with one attached hydrogen (secondary N) is 2. The largest absolute Gasteiger partial charge is 0.443 e. The van der Waals surface area contributed by atoms with Crippen LogP contribution in [0.4, 0.5) is 31.5 Å². The SMILES string of the molecule is CC1(OC(=O)NC(c2cn3ncc(CN4C[C@@H](C(F)(F)F)NC4=O)cc3n2)C2CCC(F)(F)CC2)CC1. The average molecular weight is 530 g/mol. The monoisotopic (exact) mass is 530 g/mol. The lowest BCUT2D eigenvalue weighted by Crippen LogP contribution is -2.40. The number of aromatic nitrogens is 3. The summed E-state index contributed by atoms with van der Waals surface area (Å²) in [7, 11) is 0. The van der Waals surface area contributed by atoms with E-state index in [1.807, 2.05) is 12.2 Å². The zero-order valence-corrected chi connectivity index (χ0v) is 20.0. The Bertz CT molecular complexity index is 1190. The van der Waals surface area contributed by atoms with Crippen molar-refractivity contribution >= 4 is 17.8 Å². The van der Waals surface area contributed by atoms with Crippen molar-refractivity contribution in [1.82, 2.24) is 30.1 Å². The second-order valence-corrected chi connectivity index (χ2v) is 10.4. The van der Waals surface area contributed by atoms with Gasteiger partial charge in [0.25, 0.3) is 0 Å². The number of imidazole rings is 1. The molecule has 2 saturated carbocycles. The number of amides is 3. The van der Waals surface area contributed by atoms with Gasteiger partial charge in [0, 0.05) is 19.4 Å². The molecule has 0 bridgehead atoms. The second kappa shape index (κ2) is 8.98. The van der Waals surface area contributed by atoms with E-state index in [0.717, 1.165) is 17.7 Å². The smallest absolute Gasteiger partial charge is 0.410 e. The molecule has 0 radical (unpaired) electrons. The highest BCUT2D eigenvalue weighted by Crippen LogP contribution is 2.42. The molecule has 2 aliphatic carbocycles. The van der Waals surface area contributed by atoms with E-state index in [1.54, 1.807) is 12.3 Å².